The fraction of sp³-hybridized carbons (Fsp3) is 0.367. The molecule has 0 radical (unpaired) electrons. The number of piperazine rings is 1. The van der Waals surface area contributed by atoms with Gasteiger partial charge in [-0.3, -0.25) is 4.79 Å². The zero-order valence-electron chi connectivity index (χ0n) is 21.2. The van der Waals surface area contributed by atoms with Crippen LogP contribution in [-0.4, -0.2) is 54.9 Å². The van der Waals surface area contributed by atoms with Crippen LogP contribution in [0, 0.1) is 5.82 Å². The molecular formula is C30H32F4N2O2. The average Bonchev–Trinajstić information content (AvgIpc) is 2.92. The largest absolute Gasteiger partial charge is 0.486 e. The molecular weight excluding hydrogens is 496 g/mol. The summed E-state index contributed by atoms with van der Waals surface area (Å²) >= 11 is 0. The summed E-state index contributed by atoms with van der Waals surface area (Å²) in [5, 5.41) is 0. The summed E-state index contributed by atoms with van der Waals surface area (Å²) in [6.07, 6.45) is -2.75. The van der Waals surface area contributed by atoms with Crippen LogP contribution in [0.3, 0.4) is 0 Å². The van der Waals surface area contributed by atoms with Crippen molar-refractivity contribution in [3.63, 3.8) is 0 Å². The molecule has 1 saturated heterocycles. The van der Waals surface area contributed by atoms with E-state index >= 15 is 0 Å². The number of ether oxygens (including phenoxy) is 1. The topological polar surface area (TPSA) is 32.8 Å². The number of halogens is 4. The zero-order chi connectivity index (χ0) is 27.0. The summed E-state index contributed by atoms with van der Waals surface area (Å²) in [6.45, 7) is 5.24. The number of hydrogen-bond acceptors (Lipinski definition) is 4. The third-order valence-corrected chi connectivity index (χ3v) is 6.85. The Morgan fingerprint density at radius 1 is 0.816 bits per heavy atom. The summed E-state index contributed by atoms with van der Waals surface area (Å²) in [7, 11) is 0. The number of Topliss-reactive ketones (excluding diaryl/α,β-unsaturated/α-hetero) is 1. The molecule has 38 heavy (non-hydrogen) atoms. The molecule has 0 aromatic heterocycles. The monoisotopic (exact) mass is 528 g/mol. The first kappa shape index (κ1) is 27.8. The van der Waals surface area contributed by atoms with E-state index in [1.54, 1.807) is 0 Å². The molecule has 1 heterocycles. The van der Waals surface area contributed by atoms with Gasteiger partial charge in [-0.1, -0.05) is 30.3 Å². The van der Waals surface area contributed by atoms with E-state index < -0.39 is 11.7 Å². The second kappa shape index (κ2) is 13.0. The first-order valence-corrected chi connectivity index (χ1v) is 12.9. The third-order valence-electron chi connectivity index (χ3n) is 6.85. The van der Waals surface area contributed by atoms with E-state index in [0.29, 0.717) is 24.2 Å². The number of hydrogen-bond donors (Lipinski definition) is 0. The number of rotatable bonds is 11. The highest BCUT2D eigenvalue weighted by molar-refractivity contribution is 5.95. The predicted molar refractivity (Wildman–Crippen MR) is 139 cm³/mol. The van der Waals surface area contributed by atoms with E-state index in [-0.39, 0.29) is 17.7 Å². The molecule has 0 spiro atoms. The minimum atomic E-state index is -4.38. The van der Waals surface area contributed by atoms with Gasteiger partial charge in [-0.2, -0.15) is 13.2 Å². The molecule has 1 fully saturated rings. The maximum atomic E-state index is 13.0. The Labute approximate surface area is 220 Å². The summed E-state index contributed by atoms with van der Waals surface area (Å²) in [4.78, 5) is 17.0. The van der Waals surface area contributed by atoms with E-state index in [4.69, 9.17) is 4.74 Å². The highest BCUT2D eigenvalue weighted by atomic mass is 19.4. The highest BCUT2D eigenvalue weighted by Gasteiger charge is 2.30. The molecule has 1 aliphatic rings. The fourth-order valence-electron chi connectivity index (χ4n) is 4.63. The van der Waals surface area contributed by atoms with E-state index in [0.717, 1.165) is 63.4 Å². The van der Waals surface area contributed by atoms with Gasteiger partial charge in [0.25, 0.3) is 0 Å². The maximum Gasteiger partial charge on any atom is 0.416 e. The Morgan fingerprint density at radius 3 is 2.03 bits per heavy atom. The smallest absolute Gasteiger partial charge is 0.416 e. The minimum absolute atomic E-state index is 0.0311. The number of ketones is 1. The Bertz CT molecular complexity index is 1140. The van der Waals surface area contributed by atoms with Crippen LogP contribution in [0.1, 0.15) is 46.9 Å². The van der Waals surface area contributed by atoms with Crippen molar-refractivity contribution in [1.82, 2.24) is 9.80 Å². The van der Waals surface area contributed by atoms with Gasteiger partial charge in [0, 0.05) is 51.1 Å². The normalized spacial score (nSPS) is 15.8. The maximum absolute atomic E-state index is 13.0. The molecule has 1 aliphatic heterocycles. The van der Waals surface area contributed by atoms with E-state index in [2.05, 4.69) is 9.80 Å². The average molecular weight is 529 g/mol. The van der Waals surface area contributed by atoms with Crippen LogP contribution in [-0.2, 0) is 6.18 Å². The van der Waals surface area contributed by atoms with Gasteiger partial charge in [0.05, 0.1) is 5.56 Å². The molecule has 3 aromatic carbocycles. The van der Waals surface area contributed by atoms with Gasteiger partial charge in [0.15, 0.2) is 5.78 Å². The standard InChI is InChI=1S/C30H32F4N2O2/c31-26-12-8-23(9-13-26)28(37)7-4-17-35-19-21-36(22-20-35)18-16-29(24-5-2-1-3-6-24)38-27-14-10-25(11-15-27)30(32,33)34/h1-3,5-6,8-15,29H,4,7,16-22H2. The molecule has 4 rings (SSSR count). The second-order valence-corrected chi connectivity index (χ2v) is 9.54. The first-order chi connectivity index (χ1) is 18.3. The molecule has 0 saturated carbocycles. The molecule has 1 unspecified atom stereocenters. The summed E-state index contributed by atoms with van der Waals surface area (Å²) in [5.74, 6) is 0.0937. The van der Waals surface area contributed by atoms with Crippen LogP contribution in [0.2, 0.25) is 0 Å². The lowest BCUT2D eigenvalue weighted by molar-refractivity contribution is -0.137. The van der Waals surface area contributed by atoms with E-state index in [1.165, 1.54) is 36.4 Å². The molecule has 202 valence electrons. The van der Waals surface area contributed by atoms with Crippen LogP contribution in [0.25, 0.3) is 0 Å². The van der Waals surface area contributed by atoms with Gasteiger partial charge in [0.2, 0.25) is 0 Å². The number of carbonyl (C=O) groups excluding carboxylic acids is 1. The lowest BCUT2D eigenvalue weighted by Crippen LogP contribution is -2.47. The highest BCUT2D eigenvalue weighted by Crippen LogP contribution is 2.32. The van der Waals surface area contributed by atoms with Gasteiger partial charge in [0.1, 0.15) is 17.7 Å². The van der Waals surface area contributed by atoms with E-state index in [9.17, 15) is 22.4 Å². The SMILES string of the molecule is O=C(CCCN1CCN(CCC(Oc2ccc(C(F)(F)F)cc2)c2ccccc2)CC1)c1ccc(F)cc1. The molecule has 1 atom stereocenters. The lowest BCUT2D eigenvalue weighted by atomic mass is 10.1. The van der Waals surface area contributed by atoms with Gasteiger partial charge in [-0.05, 0) is 67.1 Å². The van der Waals surface area contributed by atoms with Gasteiger partial charge in [-0.15, -0.1) is 0 Å². The lowest BCUT2D eigenvalue weighted by Gasteiger charge is -2.35. The van der Waals surface area contributed by atoms with Crippen LogP contribution < -0.4 is 4.74 Å². The fourth-order valence-corrected chi connectivity index (χ4v) is 4.63. The summed E-state index contributed by atoms with van der Waals surface area (Å²) < 4.78 is 57.9. The predicted octanol–water partition coefficient (Wildman–Crippen LogP) is 6.64. The quantitative estimate of drug-likeness (QED) is 0.207. The van der Waals surface area contributed by atoms with Crippen molar-refractivity contribution in [3.05, 3.63) is 101 Å². The van der Waals surface area contributed by atoms with Crippen molar-refractivity contribution in [2.45, 2.75) is 31.5 Å². The molecule has 0 N–H and O–H groups in total. The van der Waals surface area contributed by atoms with Gasteiger partial charge < -0.3 is 14.5 Å². The minimum Gasteiger partial charge on any atom is -0.486 e. The van der Waals surface area contributed by atoms with Crippen molar-refractivity contribution in [1.29, 1.82) is 0 Å². The molecule has 0 bridgehead atoms. The Balaban J connectivity index is 1.23. The van der Waals surface area contributed by atoms with Crippen LogP contribution in [0.5, 0.6) is 5.75 Å². The first-order valence-electron chi connectivity index (χ1n) is 12.9. The molecule has 8 heteroatoms. The zero-order valence-corrected chi connectivity index (χ0v) is 21.2. The molecule has 4 nitrogen and oxygen atoms in total. The second-order valence-electron chi connectivity index (χ2n) is 9.54. The van der Waals surface area contributed by atoms with Crippen molar-refractivity contribution in [2.75, 3.05) is 39.3 Å². The van der Waals surface area contributed by atoms with Gasteiger partial charge >= 0.3 is 6.18 Å². The van der Waals surface area contributed by atoms with Gasteiger partial charge in [-0.25, -0.2) is 4.39 Å². The van der Waals surface area contributed by atoms with Crippen LogP contribution in [0.4, 0.5) is 17.6 Å². The molecule has 0 amide bonds. The molecule has 0 aliphatic carbocycles. The van der Waals surface area contributed by atoms with E-state index in [1.807, 2.05) is 30.3 Å². The van der Waals surface area contributed by atoms with Crippen LogP contribution >= 0.6 is 0 Å². The Hall–Kier alpha value is -3.23. The van der Waals surface area contributed by atoms with Crippen molar-refractivity contribution in [3.8, 4) is 5.75 Å². The van der Waals surface area contributed by atoms with Crippen LogP contribution in [0.15, 0.2) is 78.9 Å². The Morgan fingerprint density at radius 2 is 1.42 bits per heavy atom. The number of nitrogens with zero attached hydrogens (tertiary/aromatic N) is 2. The third kappa shape index (κ3) is 8.13. The van der Waals surface area contributed by atoms with Crippen molar-refractivity contribution >= 4 is 5.78 Å². The molecule has 3 aromatic rings. The number of alkyl halides is 3. The number of benzene rings is 3. The van der Waals surface area contributed by atoms with Crippen molar-refractivity contribution < 1.29 is 27.1 Å². The number of carbonyl (C=O) groups is 1. The van der Waals surface area contributed by atoms with Crippen molar-refractivity contribution in [2.24, 2.45) is 0 Å². The summed E-state index contributed by atoms with van der Waals surface area (Å²) in [5.41, 5.74) is 0.832. The summed E-state index contributed by atoms with van der Waals surface area (Å²) in [6, 6.07) is 20.2. The Kier molecular flexibility index (Phi) is 9.53.